The van der Waals surface area contributed by atoms with Gasteiger partial charge in [0.1, 0.15) is 0 Å². The van der Waals surface area contributed by atoms with Crippen LogP contribution < -0.4 is 0 Å². The fourth-order valence-corrected chi connectivity index (χ4v) is 2.36. The molecule has 1 saturated carbocycles. The van der Waals surface area contributed by atoms with E-state index >= 15 is 0 Å². The van der Waals surface area contributed by atoms with E-state index in [0.29, 0.717) is 0 Å². The van der Waals surface area contributed by atoms with Crippen molar-refractivity contribution in [1.29, 1.82) is 0 Å². The molecule has 60 valence electrons. The van der Waals surface area contributed by atoms with Crippen LogP contribution in [0.25, 0.3) is 5.57 Å². The zero-order chi connectivity index (χ0) is 8.13. The maximum atomic E-state index is 2.27. The van der Waals surface area contributed by atoms with Crippen molar-refractivity contribution in [3.63, 3.8) is 0 Å². The molecule has 0 saturated heterocycles. The van der Waals surface area contributed by atoms with Crippen molar-refractivity contribution < 1.29 is 0 Å². The molecule has 0 amide bonds. The van der Waals surface area contributed by atoms with Crippen molar-refractivity contribution >= 4 is 5.57 Å². The van der Waals surface area contributed by atoms with E-state index in [2.05, 4.69) is 31.2 Å². The molecule has 0 spiro atoms. The highest BCUT2D eigenvalue weighted by Gasteiger charge is 2.35. The van der Waals surface area contributed by atoms with Gasteiger partial charge < -0.3 is 0 Å². The first-order chi connectivity index (χ1) is 5.86. The van der Waals surface area contributed by atoms with Crippen LogP contribution in [0.3, 0.4) is 0 Å². The smallest absolute Gasteiger partial charge is 0.0119 e. The summed E-state index contributed by atoms with van der Waals surface area (Å²) in [4.78, 5) is 0. The van der Waals surface area contributed by atoms with Gasteiger partial charge in [0.15, 0.2) is 0 Å². The molecule has 2 aliphatic rings. The highest BCUT2D eigenvalue weighted by atomic mass is 14.4. The number of hydrogen-bond acceptors (Lipinski definition) is 0. The lowest BCUT2D eigenvalue weighted by molar-refractivity contribution is 0.850. The third-order valence-electron chi connectivity index (χ3n) is 3.17. The third kappa shape index (κ3) is 0.726. The summed E-state index contributed by atoms with van der Waals surface area (Å²) in [5, 5.41) is 0. The number of fused-ring (bicyclic) bond motifs is 2. The average Bonchev–Trinajstić information content (AvgIpc) is 2.84. The minimum Gasteiger partial charge on any atom is -0.0623 e. The molecule has 1 aromatic carbocycles. The lowest BCUT2D eigenvalue weighted by Gasteiger charge is -2.13. The van der Waals surface area contributed by atoms with Gasteiger partial charge in [0, 0.05) is 0 Å². The number of hydrogen-bond donors (Lipinski definition) is 0. The second-order valence-electron chi connectivity index (χ2n) is 3.91. The van der Waals surface area contributed by atoms with Crippen LogP contribution in [0.5, 0.6) is 0 Å². The molecule has 0 radical (unpaired) electrons. The first-order valence-corrected chi connectivity index (χ1v) is 4.64. The Balaban J connectivity index is 2.25. The predicted octanol–water partition coefficient (Wildman–Crippen LogP) is 3.04. The molecule has 1 unspecified atom stereocenters. The number of rotatable bonds is 0. The van der Waals surface area contributed by atoms with Gasteiger partial charge in [0.25, 0.3) is 0 Å². The van der Waals surface area contributed by atoms with Gasteiger partial charge in [0.05, 0.1) is 0 Å². The van der Waals surface area contributed by atoms with E-state index < -0.39 is 0 Å². The summed E-state index contributed by atoms with van der Waals surface area (Å²) in [7, 11) is 0. The van der Waals surface area contributed by atoms with Crippen molar-refractivity contribution in [2.75, 3.05) is 0 Å². The summed E-state index contributed by atoms with van der Waals surface area (Å²) in [5.41, 5.74) is 6.33. The lowest BCUT2D eigenvalue weighted by atomic mass is 9.92. The second kappa shape index (κ2) is 2.01. The Labute approximate surface area is 72.9 Å². The van der Waals surface area contributed by atoms with Crippen molar-refractivity contribution in [3.05, 3.63) is 41.0 Å². The van der Waals surface area contributed by atoms with Gasteiger partial charge in [-0.05, 0) is 42.4 Å². The molecule has 1 fully saturated rings. The Morgan fingerprint density at radius 3 is 2.92 bits per heavy atom. The molecule has 1 aromatic rings. The van der Waals surface area contributed by atoms with Crippen LogP contribution in [0, 0.1) is 5.92 Å². The Morgan fingerprint density at radius 1 is 1.17 bits per heavy atom. The first kappa shape index (κ1) is 6.47. The zero-order valence-corrected chi connectivity index (χ0v) is 7.30. The molecule has 0 aromatic heterocycles. The highest BCUT2D eigenvalue weighted by Crippen LogP contribution is 2.49. The van der Waals surface area contributed by atoms with Crippen LogP contribution in [0.4, 0.5) is 0 Å². The Hall–Kier alpha value is -1.04. The topological polar surface area (TPSA) is 0 Å². The third-order valence-corrected chi connectivity index (χ3v) is 3.17. The Kier molecular flexibility index (Phi) is 1.08. The minimum atomic E-state index is 0.917. The first-order valence-electron chi connectivity index (χ1n) is 4.64. The maximum Gasteiger partial charge on any atom is -0.0119 e. The van der Waals surface area contributed by atoms with E-state index in [1.807, 2.05) is 0 Å². The van der Waals surface area contributed by atoms with Gasteiger partial charge in [-0.2, -0.15) is 0 Å². The lowest BCUT2D eigenvalue weighted by Crippen LogP contribution is -1.98. The van der Waals surface area contributed by atoms with Crippen LogP contribution in [0.15, 0.2) is 29.8 Å². The standard InChI is InChI=1S/C12H12/c1-8-11-5-3-2-4-9(11)6-10-7-12(8)10/h2-5,10H,6-7H2,1H3. The minimum absolute atomic E-state index is 0.917. The molecule has 3 rings (SSSR count). The van der Waals surface area contributed by atoms with E-state index in [9.17, 15) is 0 Å². The zero-order valence-electron chi connectivity index (χ0n) is 7.30. The largest absolute Gasteiger partial charge is 0.0623 e. The summed E-state index contributed by atoms with van der Waals surface area (Å²) in [5.74, 6) is 0.917. The van der Waals surface area contributed by atoms with Gasteiger partial charge in [-0.25, -0.2) is 0 Å². The van der Waals surface area contributed by atoms with E-state index in [1.165, 1.54) is 18.4 Å². The highest BCUT2D eigenvalue weighted by molar-refractivity contribution is 5.75. The normalized spacial score (nSPS) is 24.9. The summed E-state index contributed by atoms with van der Waals surface area (Å²) in [6.07, 6.45) is 2.66. The molecule has 0 nitrogen and oxygen atoms in total. The van der Waals surface area contributed by atoms with Gasteiger partial charge in [0.2, 0.25) is 0 Å². The molecule has 0 heteroatoms. The van der Waals surface area contributed by atoms with Gasteiger partial charge in [-0.3, -0.25) is 0 Å². The molecule has 12 heavy (non-hydrogen) atoms. The fourth-order valence-electron chi connectivity index (χ4n) is 2.36. The molecule has 0 aliphatic heterocycles. The maximum absolute atomic E-state index is 2.27. The quantitative estimate of drug-likeness (QED) is 0.541. The molecule has 2 aliphatic carbocycles. The fraction of sp³-hybridized carbons (Fsp3) is 0.333. The van der Waals surface area contributed by atoms with Gasteiger partial charge in [-0.1, -0.05) is 29.8 Å². The molecule has 0 N–H and O–H groups in total. The van der Waals surface area contributed by atoms with Crippen molar-refractivity contribution in [2.24, 2.45) is 5.92 Å². The number of allylic oxidation sites excluding steroid dienone is 2. The van der Waals surface area contributed by atoms with Crippen LogP contribution >= 0.6 is 0 Å². The van der Waals surface area contributed by atoms with E-state index in [1.54, 1.807) is 16.7 Å². The Bertz CT molecular complexity index is 371. The molecule has 0 bridgehead atoms. The number of benzene rings is 1. The molecule has 0 heterocycles. The van der Waals surface area contributed by atoms with Crippen LogP contribution in [0.1, 0.15) is 24.5 Å². The summed E-state index contributed by atoms with van der Waals surface area (Å²) in [6, 6.07) is 8.82. The molecular weight excluding hydrogens is 144 g/mol. The average molecular weight is 156 g/mol. The molecular formula is C12H12. The second-order valence-corrected chi connectivity index (χ2v) is 3.91. The van der Waals surface area contributed by atoms with Crippen molar-refractivity contribution in [1.82, 2.24) is 0 Å². The van der Waals surface area contributed by atoms with Crippen molar-refractivity contribution in [2.45, 2.75) is 19.8 Å². The molecule has 1 atom stereocenters. The van der Waals surface area contributed by atoms with Gasteiger partial charge in [-0.15, -0.1) is 0 Å². The van der Waals surface area contributed by atoms with Crippen LogP contribution in [-0.2, 0) is 6.42 Å². The summed E-state index contributed by atoms with van der Waals surface area (Å²) < 4.78 is 0. The van der Waals surface area contributed by atoms with Crippen LogP contribution in [-0.4, -0.2) is 0 Å². The summed E-state index contributed by atoms with van der Waals surface area (Å²) >= 11 is 0. The van der Waals surface area contributed by atoms with E-state index in [0.717, 1.165) is 5.92 Å². The van der Waals surface area contributed by atoms with E-state index in [-0.39, 0.29) is 0 Å². The Morgan fingerprint density at radius 2 is 2.00 bits per heavy atom. The SMILES string of the molecule is CC1=C2CC2Cc2ccccc21. The summed E-state index contributed by atoms with van der Waals surface area (Å²) in [6.45, 7) is 2.27. The monoisotopic (exact) mass is 156 g/mol. The van der Waals surface area contributed by atoms with E-state index in [4.69, 9.17) is 0 Å². The van der Waals surface area contributed by atoms with Crippen LogP contribution in [0.2, 0.25) is 0 Å². The van der Waals surface area contributed by atoms with Gasteiger partial charge >= 0.3 is 0 Å². The predicted molar refractivity (Wildman–Crippen MR) is 50.8 cm³/mol. The van der Waals surface area contributed by atoms with Crippen molar-refractivity contribution in [3.8, 4) is 0 Å².